The second-order valence-corrected chi connectivity index (χ2v) is 8.53. The first kappa shape index (κ1) is 16.1. The average Bonchev–Trinajstić information content (AvgIpc) is 2.26. The maximum absolute atomic E-state index is 3.66. The normalized spacial score (nSPS) is 13.6. The third kappa shape index (κ3) is 6.84. The maximum Gasteiger partial charge on any atom is 0.00750 e. The van der Waals surface area contributed by atoms with Gasteiger partial charge in [0, 0.05) is 10.1 Å². The number of rotatable bonds is 6. The number of hydrogen-bond donors (Lipinski definition) is 0. The van der Waals surface area contributed by atoms with Gasteiger partial charge in [0.1, 0.15) is 0 Å². The molecule has 1 aromatic carbocycles. The van der Waals surface area contributed by atoms with E-state index in [0.29, 0.717) is 4.75 Å². The topological polar surface area (TPSA) is 0 Å². The van der Waals surface area contributed by atoms with Crippen molar-refractivity contribution in [2.24, 2.45) is 5.92 Å². The Bertz CT molecular complexity index is 354. The first-order chi connectivity index (χ1) is 8.40. The molecule has 1 aromatic rings. The second kappa shape index (κ2) is 7.59. The molecule has 0 nitrogen and oxygen atoms in total. The lowest BCUT2D eigenvalue weighted by atomic mass is 9.98. The van der Waals surface area contributed by atoms with E-state index in [1.54, 1.807) is 0 Å². The van der Waals surface area contributed by atoms with E-state index in [9.17, 15) is 0 Å². The summed E-state index contributed by atoms with van der Waals surface area (Å²) in [6, 6.07) is 8.90. The van der Waals surface area contributed by atoms with Crippen LogP contribution in [-0.2, 0) is 6.42 Å². The molecule has 0 bridgehead atoms. The molecular formula is C16H25BrS. The average molecular weight is 329 g/mol. The Hall–Kier alpha value is 0.0500. The monoisotopic (exact) mass is 328 g/mol. The van der Waals surface area contributed by atoms with E-state index in [2.05, 4.69) is 79.7 Å². The molecule has 1 rings (SSSR count). The van der Waals surface area contributed by atoms with Crippen LogP contribution in [-0.4, -0.2) is 15.8 Å². The highest BCUT2D eigenvalue weighted by atomic mass is 79.9. The molecule has 1 unspecified atom stereocenters. The van der Waals surface area contributed by atoms with Gasteiger partial charge in [-0.15, -0.1) is 0 Å². The van der Waals surface area contributed by atoms with Crippen LogP contribution in [0.2, 0.25) is 0 Å². The molecule has 0 heterocycles. The Morgan fingerprint density at radius 2 is 2.00 bits per heavy atom. The van der Waals surface area contributed by atoms with Gasteiger partial charge < -0.3 is 0 Å². The molecule has 0 aliphatic rings. The summed E-state index contributed by atoms with van der Waals surface area (Å²) in [5.74, 6) is 2.01. The zero-order valence-electron chi connectivity index (χ0n) is 12.0. The van der Waals surface area contributed by atoms with Gasteiger partial charge in [0.2, 0.25) is 0 Å². The first-order valence-corrected chi connectivity index (χ1v) is 8.77. The number of aryl methyl sites for hydroxylation is 1. The van der Waals surface area contributed by atoms with Crippen LogP contribution >= 0.6 is 27.7 Å². The summed E-state index contributed by atoms with van der Waals surface area (Å²) in [6.07, 6.45) is 2.48. The van der Waals surface area contributed by atoms with Crippen molar-refractivity contribution in [1.29, 1.82) is 0 Å². The van der Waals surface area contributed by atoms with Crippen molar-refractivity contribution in [3.8, 4) is 0 Å². The zero-order chi connectivity index (χ0) is 13.6. The zero-order valence-corrected chi connectivity index (χ0v) is 14.4. The molecule has 1 atom stereocenters. The lowest BCUT2D eigenvalue weighted by Gasteiger charge is -2.20. The van der Waals surface area contributed by atoms with Gasteiger partial charge in [-0.3, -0.25) is 0 Å². The predicted octanol–water partition coefficient (Wildman–Crippen LogP) is 5.47. The van der Waals surface area contributed by atoms with Crippen molar-refractivity contribution in [3.05, 3.63) is 35.4 Å². The number of benzene rings is 1. The number of halogens is 1. The molecule has 0 amide bonds. The summed E-state index contributed by atoms with van der Waals surface area (Å²) >= 11 is 5.73. The molecule has 0 spiro atoms. The lowest BCUT2D eigenvalue weighted by molar-refractivity contribution is 0.577. The van der Waals surface area contributed by atoms with Crippen LogP contribution in [0.3, 0.4) is 0 Å². The van der Waals surface area contributed by atoms with Crippen LogP contribution in [0.1, 0.15) is 38.3 Å². The highest BCUT2D eigenvalue weighted by molar-refractivity contribution is 9.09. The Balaban J connectivity index is 2.42. The largest absolute Gasteiger partial charge is 0.156 e. The minimum absolute atomic E-state index is 0.389. The molecule has 2 heteroatoms. The molecule has 0 N–H and O–H groups in total. The standard InChI is InChI=1S/C16H25BrS/c1-13-6-5-7-14(10-13)11-15(12-17)8-9-18-16(2,3)4/h5-7,10,15H,8-9,11-12H2,1-4H3. The highest BCUT2D eigenvalue weighted by Crippen LogP contribution is 2.26. The van der Waals surface area contributed by atoms with Gasteiger partial charge in [0.25, 0.3) is 0 Å². The van der Waals surface area contributed by atoms with Gasteiger partial charge >= 0.3 is 0 Å². The highest BCUT2D eigenvalue weighted by Gasteiger charge is 2.13. The van der Waals surface area contributed by atoms with Crippen LogP contribution in [0.5, 0.6) is 0 Å². The number of hydrogen-bond acceptors (Lipinski definition) is 1. The van der Waals surface area contributed by atoms with Crippen molar-refractivity contribution in [2.45, 2.75) is 45.3 Å². The molecule has 18 heavy (non-hydrogen) atoms. The molecule has 0 radical (unpaired) electrons. The summed E-state index contributed by atoms with van der Waals surface area (Å²) in [5, 5.41) is 1.10. The van der Waals surface area contributed by atoms with Crippen molar-refractivity contribution in [2.75, 3.05) is 11.1 Å². The van der Waals surface area contributed by atoms with Crippen molar-refractivity contribution >= 4 is 27.7 Å². The van der Waals surface area contributed by atoms with Gasteiger partial charge in [-0.2, -0.15) is 11.8 Å². The molecule has 0 aliphatic heterocycles. The summed E-state index contributed by atoms with van der Waals surface area (Å²) in [4.78, 5) is 0. The summed E-state index contributed by atoms with van der Waals surface area (Å²) in [7, 11) is 0. The van der Waals surface area contributed by atoms with Crippen LogP contribution in [0.15, 0.2) is 24.3 Å². The summed E-state index contributed by atoms with van der Waals surface area (Å²) < 4.78 is 0.389. The SMILES string of the molecule is Cc1cccc(CC(CBr)CCSC(C)(C)C)c1. The van der Waals surface area contributed by atoms with Crippen molar-refractivity contribution < 1.29 is 0 Å². The van der Waals surface area contributed by atoms with Gasteiger partial charge in [0.05, 0.1) is 0 Å². The smallest absolute Gasteiger partial charge is 0.00750 e. The van der Waals surface area contributed by atoms with E-state index >= 15 is 0 Å². The molecule has 0 aromatic heterocycles. The second-order valence-electron chi connectivity index (χ2n) is 5.96. The van der Waals surface area contributed by atoms with E-state index in [0.717, 1.165) is 11.2 Å². The van der Waals surface area contributed by atoms with E-state index in [1.165, 1.54) is 29.7 Å². The fourth-order valence-electron chi connectivity index (χ4n) is 1.94. The predicted molar refractivity (Wildman–Crippen MR) is 89.0 cm³/mol. The molecule has 102 valence electrons. The summed E-state index contributed by atoms with van der Waals surface area (Å²) in [5.41, 5.74) is 2.84. The minimum Gasteiger partial charge on any atom is -0.156 e. The van der Waals surface area contributed by atoms with Gasteiger partial charge in [-0.25, -0.2) is 0 Å². The van der Waals surface area contributed by atoms with E-state index in [1.807, 2.05) is 0 Å². The Kier molecular flexibility index (Phi) is 6.79. The summed E-state index contributed by atoms with van der Waals surface area (Å²) in [6.45, 7) is 9.05. The third-order valence-electron chi connectivity index (χ3n) is 2.89. The Labute approximate surface area is 125 Å². The van der Waals surface area contributed by atoms with Crippen molar-refractivity contribution in [3.63, 3.8) is 0 Å². The maximum atomic E-state index is 3.66. The quantitative estimate of drug-likeness (QED) is 0.624. The van der Waals surface area contributed by atoms with Gasteiger partial charge in [-0.05, 0) is 37.0 Å². The van der Waals surface area contributed by atoms with E-state index < -0.39 is 0 Å². The fraction of sp³-hybridized carbons (Fsp3) is 0.625. The molecule has 0 saturated carbocycles. The number of alkyl halides is 1. The van der Waals surface area contributed by atoms with Crippen molar-refractivity contribution in [1.82, 2.24) is 0 Å². The fourth-order valence-corrected chi connectivity index (χ4v) is 3.55. The molecule has 0 saturated heterocycles. The minimum atomic E-state index is 0.389. The van der Waals surface area contributed by atoms with Crippen LogP contribution < -0.4 is 0 Å². The van der Waals surface area contributed by atoms with Gasteiger partial charge in [-0.1, -0.05) is 66.5 Å². The third-order valence-corrected chi connectivity index (χ3v) is 5.11. The molecule has 0 aliphatic carbocycles. The van der Waals surface area contributed by atoms with Gasteiger partial charge in [0.15, 0.2) is 0 Å². The van der Waals surface area contributed by atoms with Crippen LogP contribution in [0, 0.1) is 12.8 Å². The van der Waals surface area contributed by atoms with E-state index in [-0.39, 0.29) is 0 Å². The lowest BCUT2D eigenvalue weighted by Crippen LogP contribution is -2.12. The van der Waals surface area contributed by atoms with Crippen LogP contribution in [0.4, 0.5) is 0 Å². The van der Waals surface area contributed by atoms with E-state index in [4.69, 9.17) is 0 Å². The molecule has 0 fully saturated rings. The van der Waals surface area contributed by atoms with Crippen LogP contribution in [0.25, 0.3) is 0 Å². The molecular weight excluding hydrogens is 304 g/mol. The Morgan fingerprint density at radius 1 is 1.28 bits per heavy atom. The number of thioether (sulfide) groups is 1. The first-order valence-electron chi connectivity index (χ1n) is 6.66. The Morgan fingerprint density at radius 3 is 2.56 bits per heavy atom.